The first kappa shape index (κ1) is 13.2. The fraction of sp³-hybridized carbons (Fsp3) is 0.417. The van der Waals surface area contributed by atoms with Crippen molar-refractivity contribution in [3.05, 3.63) is 35.4 Å². The van der Waals surface area contributed by atoms with Gasteiger partial charge >= 0.3 is 11.5 Å². The lowest BCUT2D eigenvalue weighted by Crippen LogP contribution is -2.22. The number of likely N-dealkylation sites (tertiary alicyclic amines) is 1. The molecule has 1 aromatic carbocycles. The lowest BCUT2D eigenvalue weighted by Gasteiger charge is -2.14. The third kappa shape index (κ3) is 2.77. The lowest BCUT2D eigenvalue weighted by atomic mass is 9.96. The van der Waals surface area contributed by atoms with Gasteiger partial charge in [0.25, 0.3) is 0 Å². The molecule has 0 saturated carbocycles. The molecule has 1 heterocycles. The van der Waals surface area contributed by atoms with Gasteiger partial charge in [-0.25, -0.2) is 0 Å². The molecule has 1 saturated heterocycles. The van der Waals surface area contributed by atoms with Gasteiger partial charge in [0.15, 0.2) is 0 Å². The number of amides is 1. The van der Waals surface area contributed by atoms with E-state index < -0.39 is 17.1 Å². The third-order valence-corrected chi connectivity index (χ3v) is 3.36. The van der Waals surface area contributed by atoms with Gasteiger partial charge in [0.1, 0.15) is 0 Å². The molecule has 0 aromatic heterocycles. The first-order chi connectivity index (χ1) is 8.38. The van der Waals surface area contributed by atoms with Crippen molar-refractivity contribution < 1.29 is 18.0 Å². The summed E-state index contributed by atoms with van der Waals surface area (Å²) in [6.07, 6.45) is -3.70. The van der Waals surface area contributed by atoms with Gasteiger partial charge in [-0.1, -0.05) is 18.2 Å². The molecule has 0 bridgehead atoms. The monoisotopic (exact) mass is 277 g/mol. The highest BCUT2D eigenvalue weighted by Crippen LogP contribution is 2.33. The van der Waals surface area contributed by atoms with Crippen LogP contribution in [0.3, 0.4) is 0 Å². The molecule has 0 spiro atoms. The number of carbonyl (C=O) groups excluding carboxylic acids is 1. The molecule has 1 atom stereocenters. The minimum absolute atomic E-state index is 0.0741. The standard InChI is InChI=1S/C12H11ClF3NO/c13-11(18)17-5-4-9(7-17)8-2-1-3-10(6-8)12(14,15)16/h1-3,6,9H,4-5,7H2. The maximum absolute atomic E-state index is 12.6. The number of hydrogen-bond acceptors (Lipinski definition) is 1. The van der Waals surface area contributed by atoms with Crippen molar-refractivity contribution in [1.82, 2.24) is 4.90 Å². The molecule has 1 aliphatic rings. The number of alkyl halides is 3. The van der Waals surface area contributed by atoms with Crippen molar-refractivity contribution in [2.75, 3.05) is 13.1 Å². The third-order valence-electron chi connectivity index (χ3n) is 3.12. The number of carbonyl (C=O) groups is 1. The fourth-order valence-electron chi connectivity index (χ4n) is 2.16. The van der Waals surface area contributed by atoms with Crippen molar-refractivity contribution in [2.24, 2.45) is 0 Å². The summed E-state index contributed by atoms with van der Waals surface area (Å²) in [7, 11) is 0. The van der Waals surface area contributed by atoms with Crippen LogP contribution in [0.4, 0.5) is 18.0 Å². The van der Waals surface area contributed by atoms with E-state index in [1.165, 1.54) is 11.0 Å². The molecule has 0 aliphatic carbocycles. The van der Waals surface area contributed by atoms with Crippen LogP contribution >= 0.6 is 11.6 Å². The van der Waals surface area contributed by atoms with E-state index in [-0.39, 0.29) is 5.92 Å². The molecular weight excluding hydrogens is 267 g/mol. The van der Waals surface area contributed by atoms with Crippen LogP contribution < -0.4 is 0 Å². The summed E-state index contributed by atoms with van der Waals surface area (Å²) in [4.78, 5) is 12.4. The lowest BCUT2D eigenvalue weighted by molar-refractivity contribution is -0.137. The van der Waals surface area contributed by atoms with Crippen LogP contribution in [-0.2, 0) is 6.18 Å². The molecule has 18 heavy (non-hydrogen) atoms. The largest absolute Gasteiger partial charge is 0.416 e. The molecule has 1 aromatic rings. The molecule has 1 fully saturated rings. The number of nitrogens with zero attached hydrogens (tertiary/aromatic N) is 1. The molecule has 1 aliphatic heterocycles. The summed E-state index contributed by atoms with van der Waals surface area (Å²) in [5.74, 6) is -0.0741. The van der Waals surface area contributed by atoms with Gasteiger partial charge in [-0.15, -0.1) is 0 Å². The molecule has 0 radical (unpaired) electrons. The number of rotatable bonds is 1. The van der Waals surface area contributed by atoms with E-state index in [4.69, 9.17) is 11.6 Å². The van der Waals surface area contributed by atoms with E-state index in [0.29, 0.717) is 25.1 Å². The van der Waals surface area contributed by atoms with E-state index in [0.717, 1.165) is 12.1 Å². The Morgan fingerprint density at radius 2 is 2.11 bits per heavy atom. The van der Waals surface area contributed by atoms with Crippen LogP contribution in [0.15, 0.2) is 24.3 Å². The number of benzene rings is 1. The highest BCUT2D eigenvalue weighted by atomic mass is 35.5. The number of halogens is 4. The van der Waals surface area contributed by atoms with Crippen molar-refractivity contribution in [2.45, 2.75) is 18.5 Å². The number of hydrogen-bond donors (Lipinski definition) is 0. The molecule has 2 nitrogen and oxygen atoms in total. The first-order valence-corrected chi connectivity index (χ1v) is 5.87. The Morgan fingerprint density at radius 1 is 1.39 bits per heavy atom. The highest BCUT2D eigenvalue weighted by molar-refractivity contribution is 6.62. The Hall–Kier alpha value is -1.23. The minimum Gasteiger partial charge on any atom is -0.329 e. The molecule has 1 unspecified atom stereocenters. The summed E-state index contributed by atoms with van der Waals surface area (Å²) in [6, 6.07) is 5.24. The second kappa shape index (κ2) is 4.80. The zero-order valence-corrected chi connectivity index (χ0v) is 10.1. The van der Waals surface area contributed by atoms with Crippen LogP contribution in [0.1, 0.15) is 23.5 Å². The smallest absolute Gasteiger partial charge is 0.329 e. The van der Waals surface area contributed by atoms with E-state index in [9.17, 15) is 18.0 Å². The Kier molecular flexibility index (Phi) is 3.52. The average molecular weight is 278 g/mol. The van der Waals surface area contributed by atoms with Crippen molar-refractivity contribution in [3.8, 4) is 0 Å². The first-order valence-electron chi connectivity index (χ1n) is 5.49. The summed E-state index contributed by atoms with van der Waals surface area (Å²) < 4.78 is 37.7. The highest BCUT2D eigenvalue weighted by Gasteiger charge is 2.32. The van der Waals surface area contributed by atoms with E-state index >= 15 is 0 Å². The molecule has 1 amide bonds. The van der Waals surface area contributed by atoms with Crippen LogP contribution in [0.25, 0.3) is 0 Å². The Balaban J connectivity index is 2.18. The van der Waals surface area contributed by atoms with Crippen molar-refractivity contribution in [1.29, 1.82) is 0 Å². The molecule has 6 heteroatoms. The fourth-order valence-corrected chi connectivity index (χ4v) is 2.31. The van der Waals surface area contributed by atoms with Gasteiger partial charge < -0.3 is 4.90 Å². The van der Waals surface area contributed by atoms with Crippen molar-refractivity contribution in [3.63, 3.8) is 0 Å². The summed E-state index contributed by atoms with van der Waals surface area (Å²) in [5, 5.41) is -0.551. The molecule has 0 N–H and O–H groups in total. The quantitative estimate of drug-likeness (QED) is 0.564. The zero-order valence-electron chi connectivity index (χ0n) is 9.38. The van der Waals surface area contributed by atoms with Gasteiger partial charge in [-0.2, -0.15) is 13.2 Å². The Morgan fingerprint density at radius 3 is 2.67 bits per heavy atom. The predicted molar refractivity (Wildman–Crippen MR) is 61.6 cm³/mol. The maximum Gasteiger partial charge on any atom is 0.416 e. The normalized spacial score (nSPS) is 20.2. The van der Waals surface area contributed by atoms with Gasteiger partial charge in [-0.3, -0.25) is 4.79 Å². The maximum atomic E-state index is 12.6. The topological polar surface area (TPSA) is 20.3 Å². The molecule has 98 valence electrons. The summed E-state index contributed by atoms with van der Waals surface area (Å²) in [6.45, 7) is 0.868. The van der Waals surface area contributed by atoms with Crippen LogP contribution in [0.2, 0.25) is 0 Å². The second-order valence-corrected chi connectivity index (χ2v) is 4.63. The zero-order chi connectivity index (χ0) is 13.3. The average Bonchev–Trinajstić information content (AvgIpc) is 2.77. The van der Waals surface area contributed by atoms with E-state index in [1.54, 1.807) is 6.07 Å². The molecular formula is C12H11ClF3NO. The Bertz CT molecular complexity index is 461. The van der Waals surface area contributed by atoms with Gasteiger partial charge in [0, 0.05) is 19.0 Å². The van der Waals surface area contributed by atoms with Crippen LogP contribution in [-0.4, -0.2) is 23.4 Å². The summed E-state index contributed by atoms with van der Waals surface area (Å²) in [5.41, 5.74) is -0.0547. The molecule has 2 rings (SSSR count). The van der Waals surface area contributed by atoms with E-state index in [1.807, 2.05) is 0 Å². The van der Waals surface area contributed by atoms with Gasteiger partial charge in [0.05, 0.1) is 5.56 Å². The SMILES string of the molecule is O=C(Cl)N1CCC(c2cccc(C(F)(F)F)c2)C1. The second-order valence-electron chi connectivity index (χ2n) is 4.31. The van der Waals surface area contributed by atoms with Crippen LogP contribution in [0.5, 0.6) is 0 Å². The predicted octanol–water partition coefficient (Wildman–Crippen LogP) is 3.85. The van der Waals surface area contributed by atoms with E-state index in [2.05, 4.69) is 0 Å². The Labute approximate surface area is 107 Å². The van der Waals surface area contributed by atoms with Crippen LogP contribution in [0, 0.1) is 0 Å². The van der Waals surface area contributed by atoms with Gasteiger partial charge in [0.2, 0.25) is 0 Å². The van der Waals surface area contributed by atoms with Gasteiger partial charge in [-0.05, 0) is 29.7 Å². The summed E-state index contributed by atoms with van der Waals surface area (Å²) >= 11 is 5.35. The minimum atomic E-state index is -4.34. The van der Waals surface area contributed by atoms with Crippen molar-refractivity contribution >= 4 is 17.0 Å².